The number of thiophene rings is 1. The van der Waals surface area contributed by atoms with Gasteiger partial charge in [0.1, 0.15) is 0 Å². The molecule has 3 aromatic rings. The quantitative estimate of drug-likeness (QED) is 0.308. The maximum atomic E-state index is 12.7. The van der Waals surface area contributed by atoms with Gasteiger partial charge in [0.2, 0.25) is 0 Å². The molecule has 0 saturated heterocycles. The van der Waals surface area contributed by atoms with Gasteiger partial charge in [0, 0.05) is 41.1 Å². The minimum absolute atomic E-state index is 0.0230. The van der Waals surface area contributed by atoms with E-state index in [2.05, 4.69) is 4.98 Å². The van der Waals surface area contributed by atoms with Crippen LogP contribution in [0.1, 0.15) is 4.88 Å². The van der Waals surface area contributed by atoms with E-state index in [9.17, 15) is 14.9 Å². The molecule has 0 radical (unpaired) electrons. The fraction of sp³-hybridized carbons (Fsp3) is 0.158. The van der Waals surface area contributed by atoms with E-state index in [-0.39, 0.29) is 11.6 Å². The summed E-state index contributed by atoms with van der Waals surface area (Å²) in [5.41, 5.74) is 1.43. The second-order valence-corrected chi connectivity index (χ2v) is 7.47. The Kier molecular flexibility index (Phi) is 6.64. The van der Waals surface area contributed by atoms with Gasteiger partial charge in [0.25, 0.3) is 11.6 Å². The van der Waals surface area contributed by atoms with Gasteiger partial charge in [-0.2, -0.15) is 0 Å². The molecule has 144 valence electrons. The third-order valence-electron chi connectivity index (χ3n) is 3.82. The normalized spacial score (nSPS) is 11.0. The van der Waals surface area contributed by atoms with Crippen LogP contribution in [0.3, 0.4) is 0 Å². The molecule has 3 rings (SSSR count). The van der Waals surface area contributed by atoms with Crippen LogP contribution in [0.15, 0.2) is 53.2 Å². The third-order valence-corrected chi connectivity index (χ3v) is 5.52. The van der Waals surface area contributed by atoms with Crippen LogP contribution < -0.4 is 4.90 Å². The fourth-order valence-electron chi connectivity index (χ4n) is 2.39. The number of nitrogens with zero attached hydrogens (tertiary/aromatic N) is 3. The third kappa shape index (κ3) is 4.89. The van der Waals surface area contributed by atoms with Crippen molar-refractivity contribution in [2.24, 2.45) is 0 Å². The lowest BCUT2D eigenvalue weighted by Gasteiger charge is -2.17. The highest BCUT2D eigenvalue weighted by molar-refractivity contribution is 7.14. The molecule has 2 aromatic heterocycles. The fourth-order valence-corrected chi connectivity index (χ4v) is 3.87. The zero-order chi connectivity index (χ0) is 19.9. The van der Waals surface area contributed by atoms with Gasteiger partial charge in [0.05, 0.1) is 23.8 Å². The number of carbonyl (C=O) groups is 1. The number of benzene rings is 1. The molecule has 2 heterocycles. The van der Waals surface area contributed by atoms with Crippen LogP contribution in [-0.4, -0.2) is 36.1 Å². The zero-order valence-corrected chi connectivity index (χ0v) is 16.6. The number of non-ortho nitro benzene ring substituents is 1. The molecule has 0 aliphatic carbocycles. The van der Waals surface area contributed by atoms with Crippen molar-refractivity contribution in [1.29, 1.82) is 0 Å². The van der Waals surface area contributed by atoms with Crippen molar-refractivity contribution in [3.05, 3.63) is 68.2 Å². The SMILES string of the molecule is COCCN(C(=O)/C=C/c1cccs1)c1nc(-c2ccc([N+](=O)[O-])cc2)cs1. The molecule has 28 heavy (non-hydrogen) atoms. The number of ether oxygens (including phenoxy) is 1. The summed E-state index contributed by atoms with van der Waals surface area (Å²) in [6.07, 6.45) is 3.30. The van der Waals surface area contributed by atoms with Crippen LogP contribution in [0, 0.1) is 10.1 Å². The minimum atomic E-state index is -0.443. The number of nitro groups is 1. The van der Waals surface area contributed by atoms with E-state index in [1.54, 1.807) is 41.6 Å². The molecule has 1 amide bonds. The van der Waals surface area contributed by atoms with Crippen molar-refractivity contribution < 1.29 is 14.5 Å². The van der Waals surface area contributed by atoms with E-state index in [1.807, 2.05) is 22.9 Å². The number of amides is 1. The number of anilines is 1. The van der Waals surface area contributed by atoms with E-state index in [4.69, 9.17) is 4.74 Å². The zero-order valence-electron chi connectivity index (χ0n) is 15.0. The first-order valence-electron chi connectivity index (χ1n) is 8.31. The van der Waals surface area contributed by atoms with Crippen LogP contribution in [0.5, 0.6) is 0 Å². The van der Waals surface area contributed by atoms with Crippen LogP contribution in [0.25, 0.3) is 17.3 Å². The van der Waals surface area contributed by atoms with E-state index in [1.165, 1.54) is 29.5 Å². The summed E-state index contributed by atoms with van der Waals surface area (Å²) in [4.78, 5) is 30.1. The lowest BCUT2D eigenvalue weighted by molar-refractivity contribution is -0.384. The second-order valence-electron chi connectivity index (χ2n) is 5.65. The van der Waals surface area contributed by atoms with Crippen LogP contribution >= 0.6 is 22.7 Å². The summed E-state index contributed by atoms with van der Waals surface area (Å²) in [6, 6.07) is 10.0. The largest absolute Gasteiger partial charge is 0.383 e. The number of aromatic nitrogens is 1. The van der Waals surface area contributed by atoms with Crippen molar-refractivity contribution >= 4 is 45.5 Å². The molecule has 0 unspecified atom stereocenters. The highest BCUT2D eigenvalue weighted by Gasteiger charge is 2.18. The van der Waals surface area contributed by atoms with E-state index in [0.717, 1.165) is 10.4 Å². The topological polar surface area (TPSA) is 85.6 Å². The van der Waals surface area contributed by atoms with Crippen molar-refractivity contribution in [2.45, 2.75) is 0 Å². The molecule has 0 fully saturated rings. The maximum absolute atomic E-state index is 12.7. The molecule has 0 aliphatic rings. The lowest BCUT2D eigenvalue weighted by atomic mass is 10.1. The summed E-state index contributed by atoms with van der Waals surface area (Å²) < 4.78 is 5.12. The number of hydrogen-bond acceptors (Lipinski definition) is 7. The van der Waals surface area contributed by atoms with E-state index < -0.39 is 4.92 Å². The molecule has 0 bridgehead atoms. The van der Waals surface area contributed by atoms with Crippen LogP contribution in [0.2, 0.25) is 0 Å². The smallest absolute Gasteiger partial charge is 0.269 e. The van der Waals surface area contributed by atoms with Crippen molar-refractivity contribution in [3.8, 4) is 11.3 Å². The summed E-state index contributed by atoms with van der Waals surface area (Å²) in [5.74, 6) is -0.185. The molecular weight excluding hydrogens is 398 g/mol. The van der Waals surface area contributed by atoms with E-state index in [0.29, 0.717) is 24.0 Å². The summed E-state index contributed by atoms with van der Waals surface area (Å²) in [6.45, 7) is 0.752. The van der Waals surface area contributed by atoms with Crippen molar-refractivity contribution in [3.63, 3.8) is 0 Å². The molecule has 0 spiro atoms. The van der Waals surface area contributed by atoms with Crippen molar-refractivity contribution in [1.82, 2.24) is 4.98 Å². The number of carbonyl (C=O) groups excluding carboxylic acids is 1. The molecule has 0 atom stereocenters. The molecule has 0 N–H and O–H groups in total. The Morgan fingerprint density at radius 1 is 1.29 bits per heavy atom. The first-order valence-corrected chi connectivity index (χ1v) is 10.1. The van der Waals surface area contributed by atoms with Gasteiger partial charge in [-0.1, -0.05) is 6.07 Å². The van der Waals surface area contributed by atoms with Gasteiger partial charge in [-0.05, 0) is 29.7 Å². The van der Waals surface area contributed by atoms with Crippen LogP contribution in [-0.2, 0) is 9.53 Å². The molecule has 1 aromatic carbocycles. The number of hydrogen-bond donors (Lipinski definition) is 0. The maximum Gasteiger partial charge on any atom is 0.269 e. The Balaban J connectivity index is 1.80. The molecule has 9 heteroatoms. The van der Waals surface area contributed by atoms with Gasteiger partial charge in [-0.3, -0.25) is 19.8 Å². The summed E-state index contributed by atoms with van der Waals surface area (Å²) in [7, 11) is 1.58. The Bertz CT molecular complexity index is 965. The van der Waals surface area contributed by atoms with E-state index >= 15 is 0 Å². The Morgan fingerprint density at radius 3 is 2.71 bits per heavy atom. The minimum Gasteiger partial charge on any atom is -0.383 e. The van der Waals surface area contributed by atoms with Gasteiger partial charge in [0.15, 0.2) is 5.13 Å². The highest BCUT2D eigenvalue weighted by atomic mass is 32.1. The van der Waals surface area contributed by atoms with Gasteiger partial charge in [-0.25, -0.2) is 4.98 Å². The molecular formula is C19H17N3O4S2. The average Bonchev–Trinajstić information content (AvgIpc) is 3.39. The monoisotopic (exact) mass is 415 g/mol. The first-order chi connectivity index (χ1) is 13.6. The highest BCUT2D eigenvalue weighted by Crippen LogP contribution is 2.29. The Labute approximate surface area is 169 Å². The molecule has 0 saturated carbocycles. The molecule has 7 nitrogen and oxygen atoms in total. The number of thiazole rings is 1. The standard InChI is InChI=1S/C19H17N3O4S2/c1-26-11-10-21(18(23)9-8-16-3-2-12-27-16)19-20-17(13-28-19)14-4-6-15(7-5-14)22(24)25/h2-9,12-13H,10-11H2,1H3/b9-8+. The number of nitro benzene ring substituents is 1. The summed E-state index contributed by atoms with van der Waals surface area (Å²) >= 11 is 2.89. The number of rotatable bonds is 8. The number of methoxy groups -OCH3 is 1. The summed E-state index contributed by atoms with van der Waals surface area (Å²) in [5, 5.41) is 15.1. The predicted octanol–water partition coefficient (Wildman–Crippen LogP) is 4.47. The van der Waals surface area contributed by atoms with Crippen molar-refractivity contribution in [2.75, 3.05) is 25.2 Å². The first kappa shape index (κ1) is 19.9. The van der Waals surface area contributed by atoms with Gasteiger partial charge >= 0.3 is 0 Å². The van der Waals surface area contributed by atoms with Gasteiger partial charge in [-0.15, -0.1) is 22.7 Å². The Morgan fingerprint density at radius 2 is 2.07 bits per heavy atom. The Hall–Kier alpha value is -2.88. The van der Waals surface area contributed by atoms with Gasteiger partial charge < -0.3 is 4.74 Å². The van der Waals surface area contributed by atoms with Crippen LogP contribution in [0.4, 0.5) is 10.8 Å². The predicted molar refractivity (Wildman–Crippen MR) is 112 cm³/mol. The molecule has 0 aliphatic heterocycles. The average molecular weight is 415 g/mol. The lowest BCUT2D eigenvalue weighted by Crippen LogP contribution is -2.32. The second kappa shape index (κ2) is 9.36.